The van der Waals surface area contributed by atoms with Gasteiger partial charge in [-0.15, -0.1) is 29.9 Å². The number of hydrogen-bond acceptors (Lipinski definition) is 5. The number of rotatable bonds is 9. The van der Waals surface area contributed by atoms with Crippen LogP contribution in [0, 0.1) is 5.92 Å². The monoisotopic (exact) mass is 540 g/mol. The van der Waals surface area contributed by atoms with Gasteiger partial charge in [0.1, 0.15) is 11.9 Å². The first kappa shape index (κ1) is 30.3. The first-order valence-corrected chi connectivity index (χ1v) is 12.9. The largest absolute Gasteiger partial charge is 0.490 e. The summed E-state index contributed by atoms with van der Waals surface area (Å²) < 4.78 is 20.3. The summed E-state index contributed by atoms with van der Waals surface area (Å²) >= 11 is 0. The molecule has 2 atom stereocenters. The van der Waals surface area contributed by atoms with E-state index in [1.807, 2.05) is 30.3 Å². The minimum atomic E-state index is -0.943. The highest BCUT2D eigenvalue weighted by Gasteiger charge is 2.25. The molecule has 1 aromatic heterocycles. The lowest BCUT2D eigenvalue weighted by Crippen LogP contribution is -2.43. The lowest BCUT2D eigenvalue weighted by atomic mass is 9.96. The molecule has 4 rings (SSSR count). The molecule has 1 aromatic carbocycles. The number of hydrogen-bond donors (Lipinski definition) is 2. The smallest absolute Gasteiger partial charge is 0.271 e. The summed E-state index contributed by atoms with van der Waals surface area (Å²) in [6.45, 7) is 3.57. The van der Waals surface area contributed by atoms with Crippen LogP contribution in [0.25, 0.3) is 11.1 Å². The average molecular weight is 542 g/mol. The summed E-state index contributed by atoms with van der Waals surface area (Å²) in [5.74, 6) is 0.408. The highest BCUT2D eigenvalue weighted by atomic mass is 35.5. The molecule has 2 N–H and O–H groups in total. The van der Waals surface area contributed by atoms with E-state index in [-0.39, 0.29) is 42.3 Å². The van der Waals surface area contributed by atoms with Gasteiger partial charge in [0.15, 0.2) is 5.69 Å². The number of nitrogens with one attached hydrogen (secondary N) is 2. The third-order valence-electron chi connectivity index (χ3n) is 6.96. The lowest BCUT2D eigenvalue weighted by Gasteiger charge is -2.26. The number of benzene rings is 1. The minimum Gasteiger partial charge on any atom is -0.490 e. The van der Waals surface area contributed by atoms with Crippen molar-refractivity contribution in [2.75, 3.05) is 19.6 Å². The summed E-state index contributed by atoms with van der Waals surface area (Å²) in [6.07, 6.45) is 8.96. The summed E-state index contributed by atoms with van der Waals surface area (Å²) in [7, 11) is 0. The molecule has 0 radical (unpaired) electrons. The van der Waals surface area contributed by atoms with Crippen molar-refractivity contribution in [3.63, 3.8) is 0 Å². The molecule has 2 aliphatic rings. The fourth-order valence-electron chi connectivity index (χ4n) is 4.81. The van der Waals surface area contributed by atoms with Crippen LogP contribution in [0.5, 0.6) is 5.75 Å². The zero-order valence-corrected chi connectivity index (χ0v) is 22.6. The number of unbranched alkanes of at least 4 members (excludes halogenated alkanes) is 1. The third kappa shape index (κ3) is 8.29. The predicted octanol–water partition coefficient (Wildman–Crippen LogP) is 5.72. The van der Waals surface area contributed by atoms with E-state index in [0.717, 1.165) is 61.2 Å². The third-order valence-corrected chi connectivity index (χ3v) is 6.96. The van der Waals surface area contributed by atoms with Gasteiger partial charge >= 0.3 is 0 Å². The Bertz CT molecular complexity index is 942. The molecular weight excluding hydrogens is 502 g/mol. The zero-order valence-electron chi connectivity index (χ0n) is 21.0. The molecule has 2 aromatic rings. The molecule has 2 unspecified atom stereocenters. The Kier molecular flexibility index (Phi) is 12.9. The number of amides is 1. The molecule has 2 heterocycles. The van der Waals surface area contributed by atoms with E-state index in [4.69, 9.17) is 4.74 Å². The molecule has 0 bridgehead atoms. The van der Waals surface area contributed by atoms with Crippen LogP contribution in [0.4, 0.5) is 4.39 Å². The van der Waals surface area contributed by atoms with Gasteiger partial charge in [0.25, 0.3) is 5.91 Å². The van der Waals surface area contributed by atoms with Gasteiger partial charge in [-0.3, -0.25) is 4.79 Å². The van der Waals surface area contributed by atoms with Crippen molar-refractivity contribution in [2.24, 2.45) is 5.92 Å². The van der Waals surface area contributed by atoms with Crippen molar-refractivity contribution in [1.82, 2.24) is 20.8 Å². The second-order valence-electron chi connectivity index (χ2n) is 9.57. The molecular formula is C27H39Cl2FN4O2. The standard InChI is InChI=1S/C27H37FN4O2.2ClH/c1-2-3-9-25-23(19-10-12-22(13-11-19)34-21-7-5-4-6-8-21)16-26(32-31-25)27(33)30-17-20-14-15-29-18-24(20)28;;/h10-13,16,20-21,24,29H,2-9,14-15,17-18H2,1H3,(H,30,33);2*1H. The summed E-state index contributed by atoms with van der Waals surface area (Å²) in [6, 6.07) is 9.90. The van der Waals surface area contributed by atoms with Crippen LogP contribution in [-0.4, -0.2) is 48.0 Å². The number of aromatic nitrogens is 2. The molecule has 1 saturated carbocycles. The van der Waals surface area contributed by atoms with E-state index in [1.54, 1.807) is 0 Å². The lowest BCUT2D eigenvalue weighted by molar-refractivity contribution is 0.0922. The van der Waals surface area contributed by atoms with Crippen molar-refractivity contribution in [3.05, 3.63) is 41.7 Å². The molecule has 2 fully saturated rings. The number of aryl methyl sites for hydroxylation is 1. The van der Waals surface area contributed by atoms with Crippen molar-refractivity contribution in [3.8, 4) is 16.9 Å². The maximum atomic E-state index is 14.1. The first-order valence-electron chi connectivity index (χ1n) is 12.9. The Morgan fingerprint density at radius 2 is 1.86 bits per heavy atom. The van der Waals surface area contributed by atoms with Crippen LogP contribution in [0.3, 0.4) is 0 Å². The molecule has 1 aliphatic carbocycles. The number of alkyl halides is 1. The van der Waals surface area contributed by atoms with E-state index >= 15 is 0 Å². The van der Waals surface area contributed by atoms with Gasteiger partial charge in [-0.1, -0.05) is 31.9 Å². The van der Waals surface area contributed by atoms with Crippen LogP contribution in [0.1, 0.15) is 74.5 Å². The second kappa shape index (κ2) is 15.3. The molecule has 1 amide bonds. The molecule has 6 nitrogen and oxygen atoms in total. The molecule has 1 aliphatic heterocycles. The van der Waals surface area contributed by atoms with Gasteiger partial charge in [0.05, 0.1) is 11.8 Å². The van der Waals surface area contributed by atoms with Crippen molar-refractivity contribution in [1.29, 1.82) is 0 Å². The minimum absolute atomic E-state index is 0. The van der Waals surface area contributed by atoms with Crippen LogP contribution < -0.4 is 15.4 Å². The van der Waals surface area contributed by atoms with E-state index in [9.17, 15) is 9.18 Å². The number of carbonyl (C=O) groups excluding carboxylic acids is 1. The van der Waals surface area contributed by atoms with Crippen molar-refractivity contribution < 1.29 is 13.9 Å². The van der Waals surface area contributed by atoms with Crippen molar-refractivity contribution >= 4 is 30.7 Å². The van der Waals surface area contributed by atoms with Crippen molar-refractivity contribution in [2.45, 2.75) is 77.0 Å². The zero-order chi connectivity index (χ0) is 23.8. The van der Waals surface area contributed by atoms with Gasteiger partial charge in [-0.05, 0) is 75.3 Å². The predicted molar refractivity (Wildman–Crippen MR) is 146 cm³/mol. The van der Waals surface area contributed by atoms with Crippen LogP contribution in [-0.2, 0) is 6.42 Å². The highest BCUT2D eigenvalue weighted by Crippen LogP contribution is 2.28. The van der Waals surface area contributed by atoms with Crippen LogP contribution >= 0.6 is 24.8 Å². The maximum Gasteiger partial charge on any atom is 0.271 e. The fourth-order valence-corrected chi connectivity index (χ4v) is 4.81. The number of nitrogens with zero attached hydrogens (tertiary/aromatic N) is 2. The summed E-state index contributed by atoms with van der Waals surface area (Å²) in [5.41, 5.74) is 3.07. The SMILES string of the molecule is CCCCc1nnc(C(=O)NCC2CCNCC2F)cc1-c1ccc(OC2CCCCC2)cc1.Cl.Cl. The molecule has 200 valence electrons. The Morgan fingerprint density at radius 3 is 2.56 bits per heavy atom. The molecule has 36 heavy (non-hydrogen) atoms. The highest BCUT2D eigenvalue weighted by molar-refractivity contribution is 5.93. The quantitative estimate of drug-likeness (QED) is 0.425. The van der Waals surface area contributed by atoms with E-state index in [0.29, 0.717) is 25.6 Å². The van der Waals surface area contributed by atoms with Gasteiger partial charge in [-0.2, -0.15) is 5.10 Å². The Morgan fingerprint density at radius 1 is 1.11 bits per heavy atom. The average Bonchev–Trinajstić information content (AvgIpc) is 2.88. The van der Waals surface area contributed by atoms with Gasteiger partial charge in [0, 0.05) is 24.6 Å². The molecule has 9 heteroatoms. The van der Waals surface area contributed by atoms with Gasteiger partial charge in [0.2, 0.25) is 0 Å². The first-order chi connectivity index (χ1) is 16.6. The van der Waals surface area contributed by atoms with Gasteiger partial charge < -0.3 is 15.4 Å². The summed E-state index contributed by atoms with van der Waals surface area (Å²) in [4.78, 5) is 12.8. The summed E-state index contributed by atoms with van der Waals surface area (Å²) in [5, 5.41) is 14.5. The molecule has 0 spiro atoms. The number of piperidine rings is 1. The van der Waals surface area contributed by atoms with E-state index in [2.05, 4.69) is 27.8 Å². The fraction of sp³-hybridized carbons (Fsp3) is 0.593. The van der Waals surface area contributed by atoms with Crippen LogP contribution in [0.2, 0.25) is 0 Å². The van der Waals surface area contributed by atoms with Crippen LogP contribution in [0.15, 0.2) is 30.3 Å². The Balaban J connectivity index is 0.00000228. The normalized spacial score (nSPS) is 20.1. The topological polar surface area (TPSA) is 76.1 Å². The Hall–Kier alpha value is -1.96. The number of ether oxygens (including phenoxy) is 1. The van der Waals surface area contributed by atoms with Gasteiger partial charge in [-0.25, -0.2) is 4.39 Å². The molecule has 1 saturated heterocycles. The second-order valence-corrected chi connectivity index (χ2v) is 9.57. The van der Waals surface area contributed by atoms with E-state index in [1.165, 1.54) is 19.3 Å². The Labute approximate surface area is 226 Å². The maximum absolute atomic E-state index is 14.1. The van der Waals surface area contributed by atoms with E-state index < -0.39 is 6.17 Å². The number of carbonyl (C=O) groups is 1. The number of halogens is 3.